The number of alkyl halides is 2. The predicted octanol–water partition coefficient (Wildman–Crippen LogP) is 4.80. The van der Waals surface area contributed by atoms with Crippen LogP contribution in [-0.2, 0) is 16.2 Å². The first-order chi connectivity index (χ1) is 15.7. The van der Waals surface area contributed by atoms with Crippen LogP contribution in [-0.4, -0.2) is 34.8 Å². The number of rotatable bonds is 9. The molecule has 0 spiro atoms. The topological polar surface area (TPSA) is 70.9 Å². The molecule has 3 aromatic carbocycles. The summed E-state index contributed by atoms with van der Waals surface area (Å²) >= 11 is 0. The molecule has 0 aliphatic rings. The van der Waals surface area contributed by atoms with Crippen LogP contribution in [0.5, 0.6) is 0 Å². The quantitative estimate of drug-likeness (QED) is 0.362. The number of hydrogen-bond acceptors (Lipinski definition) is 4. The molecule has 5 nitrogen and oxygen atoms in total. The predicted molar refractivity (Wildman–Crippen MR) is 124 cm³/mol. The number of benzene rings is 3. The standard InChI is InChI=1S/C26H26F2N2O3/c1-25(26(2,32)23(27)28,24(31)30-33-18-20-9-5-3-6-10-20)29-17-19-13-15-22(16-14-19)21-11-7-4-8-12-21/h3-17,23,32H,18H2,1-2H3,(H,30,31)/b29-17+. The van der Waals surface area contributed by atoms with E-state index in [2.05, 4.69) is 10.5 Å². The number of halogens is 2. The van der Waals surface area contributed by atoms with Crippen LogP contribution in [0.3, 0.4) is 0 Å². The minimum atomic E-state index is -3.22. The highest BCUT2D eigenvalue weighted by Crippen LogP contribution is 2.32. The van der Waals surface area contributed by atoms with Crippen molar-refractivity contribution in [3.63, 3.8) is 0 Å². The number of carbonyl (C=O) groups excluding carboxylic acids is 1. The fraction of sp³-hybridized carbons (Fsp3) is 0.231. The van der Waals surface area contributed by atoms with Crippen molar-refractivity contribution in [2.45, 2.75) is 38.0 Å². The van der Waals surface area contributed by atoms with E-state index in [0.717, 1.165) is 30.5 Å². The second kappa shape index (κ2) is 10.5. The summed E-state index contributed by atoms with van der Waals surface area (Å²) in [5, 5.41) is 10.5. The zero-order chi connectivity index (χ0) is 23.9. The van der Waals surface area contributed by atoms with Crippen molar-refractivity contribution in [1.82, 2.24) is 5.48 Å². The van der Waals surface area contributed by atoms with Crippen molar-refractivity contribution in [1.29, 1.82) is 0 Å². The Hall–Kier alpha value is -3.42. The number of aliphatic imine (C=N–C) groups is 1. The Morgan fingerprint density at radius 3 is 2.09 bits per heavy atom. The minimum absolute atomic E-state index is 0.0319. The SMILES string of the molecule is CC(/N=C/c1ccc(-c2ccccc2)cc1)(C(=O)NOCc1ccccc1)C(C)(O)C(F)F. The lowest BCUT2D eigenvalue weighted by molar-refractivity contribution is -0.165. The number of carbonyl (C=O) groups is 1. The summed E-state index contributed by atoms with van der Waals surface area (Å²) in [6.07, 6.45) is -1.93. The monoisotopic (exact) mass is 452 g/mol. The normalized spacial score (nSPS) is 15.2. The molecule has 0 aromatic heterocycles. The van der Waals surface area contributed by atoms with E-state index in [1.807, 2.05) is 48.5 Å². The Balaban J connectivity index is 1.78. The molecule has 2 N–H and O–H groups in total. The number of nitrogens with zero attached hydrogens (tertiary/aromatic N) is 1. The van der Waals surface area contributed by atoms with Gasteiger partial charge in [0.25, 0.3) is 12.3 Å². The van der Waals surface area contributed by atoms with Crippen molar-refractivity contribution in [3.05, 3.63) is 96.1 Å². The molecule has 1 amide bonds. The van der Waals surface area contributed by atoms with E-state index in [-0.39, 0.29) is 6.61 Å². The van der Waals surface area contributed by atoms with Gasteiger partial charge in [-0.05, 0) is 36.1 Å². The van der Waals surface area contributed by atoms with Gasteiger partial charge in [-0.2, -0.15) is 0 Å². The molecule has 2 atom stereocenters. The Morgan fingerprint density at radius 2 is 1.52 bits per heavy atom. The van der Waals surface area contributed by atoms with Crippen LogP contribution in [0.15, 0.2) is 89.9 Å². The van der Waals surface area contributed by atoms with Gasteiger partial charge in [-0.25, -0.2) is 14.3 Å². The minimum Gasteiger partial charge on any atom is -0.381 e. The van der Waals surface area contributed by atoms with Gasteiger partial charge in [0.2, 0.25) is 0 Å². The Morgan fingerprint density at radius 1 is 0.970 bits per heavy atom. The molecule has 3 rings (SSSR count). The summed E-state index contributed by atoms with van der Waals surface area (Å²) in [5.41, 5.74) is 0.569. The summed E-state index contributed by atoms with van der Waals surface area (Å²) < 4.78 is 27.4. The van der Waals surface area contributed by atoms with Crippen molar-refractivity contribution < 1.29 is 23.5 Å². The number of amides is 1. The third-order valence-electron chi connectivity index (χ3n) is 5.59. The molecule has 3 aromatic rings. The maximum absolute atomic E-state index is 13.7. The van der Waals surface area contributed by atoms with Crippen LogP contribution in [0.4, 0.5) is 8.78 Å². The van der Waals surface area contributed by atoms with E-state index in [0.29, 0.717) is 5.56 Å². The van der Waals surface area contributed by atoms with Crippen LogP contribution in [0.2, 0.25) is 0 Å². The molecule has 7 heteroatoms. The summed E-state index contributed by atoms with van der Waals surface area (Å²) in [6, 6.07) is 26.0. The lowest BCUT2D eigenvalue weighted by Crippen LogP contribution is -2.61. The van der Waals surface area contributed by atoms with Crippen LogP contribution in [0.25, 0.3) is 11.1 Å². The molecular weight excluding hydrogens is 426 g/mol. The molecule has 0 heterocycles. The van der Waals surface area contributed by atoms with Gasteiger partial charge in [-0.3, -0.25) is 14.6 Å². The number of aliphatic hydroxyl groups is 1. The zero-order valence-electron chi connectivity index (χ0n) is 18.4. The van der Waals surface area contributed by atoms with Gasteiger partial charge in [0.1, 0.15) is 0 Å². The van der Waals surface area contributed by atoms with Crippen molar-refractivity contribution in [2.24, 2.45) is 4.99 Å². The van der Waals surface area contributed by atoms with Gasteiger partial charge in [-0.15, -0.1) is 0 Å². The Bertz CT molecular complexity index is 1070. The summed E-state index contributed by atoms with van der Waals surface area (Å²) in [4.78, 5) is 22.1. The maximum atomic E-state index is 13.7. The molecule has 2 unspecified atom stereocenters. The van der Waals surface area contributed by atoms with Gasteiger partial charge in [0.05, 0.1) is 6.61 Å². The smallest absolute Gasteiger partial charge is 0.274 e. The Labute approximate surface area is 191 Å². The fourth-order valence-electron chi connectivity index (χ4n) is 3.09. The molecular formula is C26H26F2N2O3. The van der Waals surface area contributed by atoms with Crippen LogP contribution < -0.4 is 5.48 Å². The first-order valence-electron chi connectivity index (χ1n) is 10.4. The van der Waals surface area contributed by atoms with Crippen molar-refractivity contribution in [2.75, 3.05) is 0 Å². The van der Waals surface area contributed by atoms with E-state index in [1.54, 1.807) is 36.4 Å². The first kappa shape index (κ1) is 24.2. The number of nitrogens with one attached hydrogen (secondary N) is 1. The highest BCUT2D eigenvalue weighted by atomic mass is 19.3. The highest BCUT2D eigenvalue weighted by Gasteiger charge is 2.55. The maximum Gasteiger partial charge on any atom is 0.274 e. The third-order valence-corrected chi connectivity index (χ3v) is 5.59. The Kier molecular flexibility index (Phi) is 7.68. The van der Waals surface area contributed by atoms with Crippen molar-refractivity contribution in [3.8, 4) is 11.1 Å². The van der Waals surface area contributed by atoms with Gasteiger partial charge in [0, 0.05) is 6.21 Å². The summed E-state index contributed by atoms with van der Waals surface area (Å²) in [6.45, 7) is 2.06. The third kappa shape index (κ3) is 5.69. The van der Waals surface area contributed by atoms with E-state index < -0.39 is 23.5 Å². The van der Waals surface area contributed by atoms with E-state index in [4.69, 9.17) is 4.84 Å². The summed E-state index contributed by atoms with van der Waals surface area (Å²) in [5.74, 6) is -0.985. The molecule has 0 radical (unpaired) electrons. The number of hydroxylamine groups is 1. The zero-order valence-corrected chi connectivity index (χ0v) is 18.4. The fourth-order valence-corrected chi connectivity index (χ4v) is 3.09. The molecule has 172 valence electrons. The van der Waals surface area contributed by atoms with Crippen molar-refractivity contribution >= 4 is 12.1 Å². The number of hydrogen-bond donors (Lipinski definition) is 2. The van der Waals surface area contributed by atoms with E-state index >= 15 is 0 Å². The average molecular weight is 453 g/mol. The van der Waals surface area contributed by atoms with E-state index in [9.17, 15) is 18.7 Å². The molecule has 0 saturated heterocycles. The molecule has 33 heavy (non-hydrogen) atoms. The van der Waals surface area contributed by atoms with Gasteiger partial charge in [-0.1, -0.05) is 84.9 Å². The molecule has 0 aliphatic carbocycles. The van der Waals surface area contributed by atoms with Crippen LogP contribution in [0.1, 0.15) is 25.0 Å². The van der Waals surface area contributed by atoms with Gasteiger partial charge in [0.15, 0.2) is 11.1 Å². The molecule has 0 aliphatic heterocycles. The largest absolute Gasteiger partial charge is 0.381 e. The molecule has 0 saturated carbocycles. The van der Waals surface area contributed by atoms with E-state index in [1.165, 1.54) is 6.21 Å². The van der Waals surface area contributed by atoms with Crippen LogP contribution in [0, 0.1) is 0 Å². The second-order valence-corrected chi connectivity index (χ2v) is 7.97. The first-order valence-corrected chi connectivity index (χ1v) is 10.4. The van der Waals surface area contributed by atoms with Gasteiger partial charge < -0.3 is 5.11 Å². The highest BCUT2D eigenvalue weighted by molar-refractivity contribution is 5.91. The van der Waals surface area contributed by atoms with Crippen LogP contribution >= 0.6 is 0 Å². The average Bonchev–Trinajstić information content (AvgIpc) is 2.83. The second-order valence-electron chi connectivity index (χ2n) is 7.97. The lowest BCUT2D eigenvalue weighted by atomic mass is 9.82. The lowest BCUT2D eigenvalue weighted by Gasteiger charge is -2.37. The molecule has 0 fully saturated rings. The summed E-state index contributed by atoms with van der Waals surface area (Å²) in [7, 11) is 0. The van der Waals surface area contributed by atoms with Gasteiger partial charge >= 0.3 is 0 Å². The molecule has 0 bridgehead atoms.